The molecule has 1 saturated heterocycles. The van der Waals surface area contributed by atoms with Gasteiger partial charge in [0.05, 0.1) is 17.6 Å². The molecule has 4 rings (SSSR count). The van der Waals surface area contributed by atoms with E-state index < -0.39 is 0 Å². The topological polar surface area (TPSA) is 74.8 Å². The van der Waals surface area contributed by atoms with Crippen LogP contribution in [0.1, 0.15) is 25.5 Å². The molecule has 3 aromatic rings. The van der Waals surface area contributed by atoms with E-state index in [1.807, 2.05) is 29.4 Å². The summed E-state index contributed by atoms with van der Waals surface area (Å²) in [6.07, 6.45) is 8.45. The number of piperidine rings is 1. The first-order chi connectivity index (χ1) is 12.2. The van der Waals surface area contributed by atoms with Crippen molar-refractivity contribution in [2.75, 3.05) is 13.1 Å². The van der Waals surface area contributed by atoms with Crippen LogP contribution in [-0.2, 0) is 11.2 Å². The summed E-state index contributed by atoms with van der Waals surface area (Å²) in [7, 11) is 0. The second kappa shape index (κ2) is 6.63. The number of rotatable bonds is 3. The second-order valence-electron chi connectivity index (χ2n) is 6.62. The molecule has 3 aromatic heterocycles. The number of pyridine rings is 1. The lowest BCUT2D eigenvalue weighted by Crippen LogP contribution is -2.37. The molecule has 1 N–H and O–H groups in total. The Morgan fingerprint density at radius 1 is 1.28 bits per heavy atom. The normalized spacial score (nSPS) is 15.6. The summed E-state index contributed by atoms with van der Waals surface area (Å²) < 4.78 is 0. The van der Waals surface area contributed by atoms with Crippen molar-refractivity contribution in [3.05, 3.63) is 42.5 Å². The van der Waals surface area contributed by atoms with Gasteiger partial charge in [0.2, 0.25) is 5.91 Å². The summed E-state index contributed by atoms with van der Waals surface area (Å²) in [6.45, 7) is 3.33. The number of carbonyl (C=O) groups excluding carboxylic acids is 1. The standard InChI is InChI=1S/C19H21N5O/c1-13(25)24-9-5-14(6-10-24)11-17-15(3-2-7-20-17)18-12-22-19-16(23-18)4-8-21-19/h2-4,7-8,12,14H,5-6,9-11H2,1H3,(H,21,22). The van der Waals surface area contributed by atoms with Gasteiger partial charge in [-0.2, -0.15) is 0 Å². The van der Waals surface area contributed by atoms with Gasteiger partial charge in [0.25, 0.3) is 0 Å². The first kappa shape index (κ1) is 15.7. The Balaban J connectivity index is 1.56. The molecule has 0 aliphatic carbocycles. The fraction of sp³-hybridized carbons (Fsp3) is 0.368. The smallest absolute Gasteiger partial charge is 0.219 e. The monoisotopic (exact) mass is 335 g/mol. The van der Waals surface area contributed by atoms with E-state index in [1.54, 1.807) is 13.1 Å². The Kier molecular flexibility index (Phi) is 4.17. The molecule has 0 spiro atoms. The zero-order valence-electron chi connectivity index (χ0n) is 14.3. The first-order valence-electron chi connectivity index (χ1n) is 8.70. The summed E-state index contributed by atoms with van der Waals surface area (Å²) >= 11 is 0. The van der Waals surface area contributed by atoms with Crippen molar-refractivity contribution in [3.8, 4) is 11.3 Å². The summed E-state index contributed by atoms with van der Waals surface area (Å²) in [5, 5.41) is 0. The van der Waals surface area contributed by atoms with Crippen LogP contribution in [-0.4, -0.2) is 43.8 Å². The number of H-pyrrole nitrogens is 1. The van der Waals surface area contributed by atoms with Gasteiger partial charge in [-0.05, 0) is 43.4 Å². The van der Waals surface area contributed by atoms with E-state index in [0.29, 0.717) is 5.92 Å². The Morgan fingerprint density at radius 3 is 2.92 bits per heavy atom. The van der Waals surface area contributed by atoms with Crippen molar-refractivity contribution in [1.29, 1.82) is 0 Å². The van der Waals surface area contributed by atoms with Crippen LogP contribution in [0.4, 0.5) is 0 Å². The number of carbonyl (C=O) groups is 1. The van der Waals surface area contributed by atoms with E-state index in [-0.39, 0.29) is 5.91 Å². The molecule has 0 radical (unpaired) electrons. The third-order valence-corrected chi connectivity index (χ3v) is 4.97. The Bertz CT molecular complexity index is 895. The van der Waals surface area contributed by atoms with Gasteiger partial charge in [0.1, 0.15) is 5.52 Å². The maximum Gasteiger partial charge on any atom is 0.219 e. The average Bonchev–Trinajstić information content (AvgIpc) is 3.10. The highest BCUT2D eigenvalue weighted by molar-refractivity contribution is 5.74. The van der Waals surface area contributed by atoms with E-state index in [9.17, 15) is 4.79 Å². The van der Waals surface area contributed by atoms with Crippen LogP contribution in [0.3, 0.4) is 0 Å². The molecule has 25 heavy (non-hydrogen) atoms. The molecule has 0 atom stereocenters. The van der Waals surface area contributed by atoms with Crippen LogP contribution < -0.4 is 0 Å². The fourth-order valence-corrected chi connectivity index (χ4v) is 3.52. The molecule has 0 saturated carbocycles. The predicted octanol–water partition coefficient (Wildman–Crippen LogP) is 2.82. The molecule has 0 unspecified atom stereocenters. The second-order valence-corrected chi connectivity index (χ2v) is 6.62. The van der Waals surface area contributed by atoms with E-state index in [1.165, 1.54) is 0 Å². The number of likely N-dealkylation sites (tertiary alicyclic amines) is 1. The minimum Gasteiger partial charge on any atom is -0.345 e. The molecule has 1 fully saturated rings. The van der Waals surface area contributed by atoms with Crippen LogP contribution in [0.5, 0.6) is 0 Å². The third kappa shape index (κ3) is 3.24. The van der Waals surface area contributed by atoms with Crippen molar-refractivity contribution < 1.29 is 4.79 Å². The molecule has 1 amide bonds. The molecule has 1 aliphatic heterocycles. The van der Waals surface area contributed by atoms with Crippen LogP contribution >= 0.6 is 0 Å². The van der Waals surface area contributed by atoms with Crippen molar-refractivity contribution >= 4 is 17.1 Å². The number of amides is 1. The van der Waals surface area contributed by atoms with Gasteiger partial charge < -0.3 is 9.88 Å². The Hall–Kier alpha value is -2.76. The third-order valence-electron chi connectivity index (χ3n) is 4.97. The van der Waals surface area contributed by atoms with Gasteiger partial charge in [-0.3, -0.25) is 9.78 Å². The number of hydrogen-bond acceptors (Lipinski definition) is 4. The highest BCUT2D eigenvalue weighted by Gasteiger charge is 2.22. The van der Waals surface area contributed by atoms with E-state index >= 15 is 0 Å². The van der Waals surface area contributed by atoms with Crippen molar-refractivity contribution in [2.45, 2.75) is 26.2 Å². The molecule has 1 aliphatic rings. The summed E-state index contributed by atoms with van der Waals surface area (Å²) in [6, 6.07) is 5.94. The van der Waals surface area contributed by atoms with Crippen molar-refractivity contribution in [1.82, 2.24) is 24.8 Å². The number of fused-ring (bicyclic) bond motifs is 1. The van der Waals surface area contributed by atoms with Crippen LogP contribution in [0.2, 0.25) is 0 Å². The highest BCUT2D eigenvalue weighted by atomic mass is 16.2. The molecular formula is C19H21N5O. The zero-order valence-corrected chi connectivity index (χ0v) is 14.3. The highest BCUT2D eigenvalue weighted by Crippen LogP contribution is 2.27. The zero-order chi connectivity index (χ0) is 17.2. The van der Waals surface area contributed by atoms with Gasteiger partial charge in [0, 0.05) is 38.0 Å². The summed E-state index contributed by atoms with van der Waals surface area (Å²) in [4.78, 5) is 30.3. The number of hydrogen-bond donors (Lipinski definition) is 1. The molecule has 128 valence electrons. The lowest BCUT2D eigenvalue weighted by atomic mass is 9.90. The molecule has 6 heteroatoms. The Morgan fingerprint density at radius 2 is 2.12 bits per heavy atom. The molecule has 0 aromatic carbocycles. The van der Waals surface area contributed by atoms with Crippen molar-refractivity contribution in [3.63, 3.8) is 0 Å². The number of aromatic nitrogens is 4. The van der Waals surface area contributed by atoms with Crippen LogP contribution in [0, 0.1) is 5.92 Å². The van der Waals surface area contributed by atoms with Gasteiger partial charge in [-0.25, -0.2) is 9.97 Å². The number of aromatic amines is 1. The lowest BCUT2D eigenvalue weighted by molar-refractivity contribution is -0.130. The molecule has 6 nitrogen and oxygen atoms in total. The predicted molar refractivity (Wildman–Crippen MR) is 95.8 cm³/mol. The quantitative estimate of drug-likeness (QED) is 0.798. The van der Waals surface area contributed by atoms with Gasteiger partial charge in [0.15, 0.2) is 5.65 Å². The van der Waals surface area contributed by atoms with E-state index in [0.717, 1.165) is 60.5 Å². The fourth-order valence-electron chi connectivity index (χ4n) is 3.52. The SMILES string of the molecule is CC(=O)N1CCC(Cc2ncccc2-c2cnc3[nH]ccc3n2)CC1. The number of nitrogens with one attached hydrogen (secondary N) is 1. The van der Waals surface area contributed by atoms with Crippen LogP contribution in [0.25, 0.3) is 22.4 Å². The largest absolute Gasteiger partial charge is 0.345 e. The first-order valence-corrected chi connectivity index (χ1v) is 8.70. The molecule has 4 heterocycles. The number of nitrogens with zero attached hydrogens (tertiary/aromatic N) is 4. The summed E-state index contributed by atoms with van der Waals surface area (Å²) in [5.41, 5.74) is 4.63. The van der Waals surface area contributed by atoms with Crippen molar-refractivity contribution in [2.24, 2.45) is 5.92 Å². The molecule has 0 bridgehead atoms. The minimum atomic E-state index is 0.173. The Labute approximate surface area is 146 Å². The average molecular weight is 335 g/mol. The van der Waals surface area contributed by atoms with E-state index in [4.69, 9.17) is 4.98 Å². The van der Waals surface area contributed by atoms with Crippen LogP contribution in [0.15, 0.2) is 36.8 Å². The maximum absolute atomic E-state index is 11.5. The van der Waals surface area contributed by atoms with Gasteiger partial charge >= 0.3 is 0 Å². The van der Waals surface area contributed by atoms with Gasteiger partial charge in [-0.1, -0.05) is 0 Å². The summed E-state index contributed by atoms with van der Waals surface area (Å²) in [5.74, 6) is 0.722. The maximum atomic E-state index is 11.5. The molecular weight excluding hydrogens is 314 g/mol. The van der Waals surface area contributed by atoms with E-state index in [2.05, 4.69) is 21.0 Å². The lowest BCUT2D eigenvalue weighted by Gasteiger charge is -2.31. The van der Waals surface area contributed by atoms with Gasteiger partial charge in [-0.15, -0.1) is 0 Å². The minimum absolute atomic E-state index is 0.173.